The van der Waals surface area contributed by atoms with Crippen LogP contribution < -0.4 is 0 Å². The molecule has 1 aromatic rings. The number of nitrogens with zero attached hydrogens (tertiary/aromatic N) is 1. The molecule has 0 aromatic heterocycles. The molecule has 1 N–H and O–H groups in total. The topological polar surface area (TPSA) is 57.6 Å². The van der Waals surface area contributed by atoms with E-state index < -0.39 is 5.97 Å². The van der Waals surface area contributed by atoms with Gasteiger partial charge in [0.25, 0.3) is 5.91 Å². The molecule has 3 rings (SSSR count). The molecule has 1 amide bonds. The Kier molecular flexibility index (Phi) is 3.95. The van der Waals surface area contributed by atoms with Gasteiger partial charge in [0.15, 0.2) is 0 Å². The first kappa shape index (κ1) is 14.1. The molecule has 4 nitrogen and oxygen atoms in total. The summed E-state index contributed by atoms with van der Waals surface area (Å²) < 4.78 is 0. The molecular formula is C17H21NO3. The molecule has 1 saturated carbocycles. The first-order chi connectivity index (χ1) is 10.2. The van der Waals surface area contributed by atoms with Crippen molar-refractivity contribution in [2.75, 3.05) is 0 Å². The van der Waals surface area contributed by atoms with Crippen LogP contribution >= 0.6 is 0 Å². The van der Waals surface area contributed by atoms with E-state index in [0.717, 1.165) is 36.8 Å². The van der Waals surface area contributed by atoms with Crippen LogP contribution in [0.15, 0.2) is 24.3 Å². The van der Waals surface area contributed by atoms with Crippen LogP contribution in [0.2, 0.25) is 0 Å². The van der Waals surface area contributed by atoms with Gasteiger partial charge in [-0.1, -0.05) is 37.5 Å². The fraction of sp³-hybridized carbons (Fsp3) is 0.529. The van der Waals surface area contributed by atoms with Gasteiger partial charge in [-0.05, 0) is 30.4 Å². The molecule has 2 aliphatic rings. The van der Waals surface area contributed by atoms with E-state index in [4.69, 9.17) is 0 Å². The highest BCUT2D eigenvalue weighted by Crippen LogP contribution is 2.34. The molecule has 0 radical (unpaired) electrons. The molecule has 112 valence electrons. The highest BCUT2D eigenvalue weighted by molar-refractivity contribution is 5.98. The predicted molar refractivity (Wildman–Crippen MR) is 78.9 cm³/mol. The second-order valence-corrected chi connectivity index (χ2v) is 6.15. The maximum Gasteiger partial charge on any atom is 0.305 e. The van der Waals surface area contributed by atoms with Crippen LogP contribution in [-0.2, 0) is 11.3 Å². The zero-order valence-electron chi connectivity index (χ0n) is 12.1. The number of hydrogen-bond donors (Lipinski definition) is 1. The lowest BCUT2D eigenvalue weighted by Crippen LogP contribution is -2.43. The number of carboxylic acid groups (broad SMARTS) is 1. The van der Waals surface area contributed by atoms with E-state index in [1.807, 2.05) is 24.3 Å². The standard InChI is InChI=1S/C17H21NO3/c19-16(20)10-15(12-6-2-1-3-7-12)18-11-13-8-4-5-9-14(13)17(18)21/h4-5,8-9,12,15H,1-3,6-7,10-11H2,(H,19,20)/t15-/m0/s1. The monoisotopic (exact) mass is 287 g/mol. The minimum Gasteiger partial charge on any atom is -0.481 e. The van der Waals surface area contributed by atoms with Gasteiger partial charge in [-0.2, -0.15) is 0 Å². The van der Waals surface area contributed by atoms with Crippen LogP contribution in [0.25, 0.3) is 0 Å². The van der Waals surface area contributed by atoms with Crippen LogP contribution in [0.5, 0.6) is 0 Å². The molecule has 21 heavy (non-hydrogen) atoms. The summed E-state index contributed by atoms with van der Waals surface area (Å²) in [5.74, 6) is -0.482. The minimum atomic E-state index is -0.811. The molecule has 1 aliphatic heterocycles. The average molecular weight is 287 g/mol. The quantitative estimate of drug-likeness (QED) is 0.926. The lowest BCUT2D eigenvalue weighted by atomic mass is 9.82. The Balaban J connectivity index is 1.84. The second-order valence-electron chi connectivity index (χ2n) is 6.15. The van der Waals surface area contributed by atoms with Crippen LogP contribution in [0, 0.1) is 5.92 Å². The predicted octanol–water partition coefficient (Wildman–Crippen LogP) is 3.07. The number of rotatable bonds is 4. The number of carbonyl (C=O) groups excluding carboxylic acids is 1. The molecule has 0 bridgehead atoms. The van der Waals surface area contributed by atoms with E-state index in [9.17, 15) is 14.7 Å². The Morgan fingerprint density at radius 2 is 1.95 bits per heavy atom. The summed E-state index contributed by atoms with van der Waals surface area (Å²) in [5.41, 5.74) is 1.76. The fourth-order valence-corrected chi connectivity index (χ4v) is 3.77. The summed E-state index contributed by atoms with van der Waals surface area (Å²) in [7, 11) is 0. The lowest BCUT2D eigenvalue weighted by molar-refractivity contribution is -0.138. The van der Waals surface area contributed by atoms with Crippen LogP contribution in [0.4, 0.5) is 0 Å². The SMILES string of the molecule is O=C(O)C[C@@H](C1CCCCC1)N1Cc2ccccc2C1=O. The molecule has 4 heteroatoms. The van der Waals surface area contributed by atoms with Gasteiger partial charge < -0.3 is 10.0 Å². The number of hydrogen-bond acceptors (Lipinski definition) is 2. The average Bonchev–Trinajstić information content (AvgIpc) is 2.83. The summed E-state index contributed by atoms with van der Waals surface area (Å²) in [4.78, 5) is 25.6. The van der Waals surface area contributed by atoms with E-state index in [-0.39, 0.29) is 18.4 Å². The van der Waals surface area contributed by atoms with E-state index >= 15 is 0 Å². The normalized spacial score (nSPS) is 20.4. The fourth-order valence-electron chi connectivity index (χ4n) is 3.77. The molecule has 0 saturated heterocycles. The number of carboxylic acids is 1. The third-order valence-corrected chi connectivity index (χ3v) is 4.83. The molecular weight excluding hydrogens is 266 g/mol. The van der Waals surface area contributed by atoms with Crippen molar-refractivity contribution < 1.29 is 14.7 Å². The number of amides is 1. The molecule has 0 unspecified atom stereocenters. The van der Waals surface area contributed by atoms with Gasteiger partial charge in [0.05, 0.1) is 6.42 Å². The van der Waals surface area contributed by atoms with Gasteiger partial charge in [-0.3, -0.25) is 9.59 Å². The number of benzene rings is 1. The molecule has 1 heterocycles. The molecule has 0 spiro atoms. The smallest absolute Gasteiger partial charge is 0.305 e. The first-order valence-electron chi connectivity index (χ1n) is 7.77. The van der Waals surface area contributed by atoms with Crippen molar-refractivity contribution in [1.82, 2.24) is 4.90 Å². The van der Waals surface area contributed by atoms with Gasteiger partial charge >= 0.3 is 5.97 Å². The number of fused-ring (bicyclic) bond motifs is 1. The maximum atomic E-state index is 12.6. The Morgan fingerprint density at radius 3 is 2.62 bits per heavy atom. The van der Waals surface area contributed by atoms with E-state index in [2.05, 4.69) is 0 Å². The third kappa shape index (κ3) is 2.80. The number of aliphatic carboxylic acids is 1. The van der Waals surface area contributed by atoms with Gasteiger partial charge in [0.2, 0.25) is 0 Å². The molecule has 1 aromatic carbocycles. The second kappa shape index (κ2) is 5.88. The van der Waals surface area contributed by atoms with Crippen molar-refractivity contribution >= 4 is 11.9 Å². The van der Waals surface area contributed by atoms with E-state index in [1.165, 1.54) is 6.42 Å². The molecule has 1 atom stereocenters. The molecule has 1 fully saturated rings. The van der Waals surface area contributed by atoms with Crippen molar-refractivity contribution in [3.05, 3.63) is 35.4 Å². The van der Waals surface area contributed by atoms with Gasteiger partial charge in [0.1, 0.15) is 0 Å². The van der Waals surface area contributed by atoms with Crippen molar-refractivity contribution in [3.8, 4) is 0 Å². The number of carbonyl (C=O) groups is 2. The van der Waals surface area contributed by atoms with Crippen molar-refractivity contribution in [2.24, 2.45) is 5.92 Å². The summed E-state index contributed by atoms with van der Waals surface area (Å²) in [6, 6.07) is 7.44. The first-order valence-corrected chi connectivity index (χ1v) is 7.77. The van der Waals surface area contributed by atoms with Crippen LogP contribution in [0.1, 0.15) is 54.4 Å². The lowest BCUT2D eigenvalue weighted by Gasteiger charge is -2.35. The highest BCUT2D eigenvalue weighted by atomic mass is 16.4. The Hall–Kier alpha value is -1.84. The van der Waals surface area contributed by atoms with Crippen molar-refractivity contribution in [3.63, 3.8) is 0 Å². The maximum absolute atomic E-state index is 12.6. The Bertz CT molecular complexity index is 549. The zero-order valence-corrected chi connectivity index (χ0v) is 12.1. The van der Waals surface area contributed by atoms with Gasteiger partial charge in [0, 0.05) is 18.2 Å². The Labute approximate surface area is 124 Å². The van der Waals surface area contributed by atoms with Gasteiger partial charge in [-0.15, -0.1) is 0 Å². The summed E-state index contributed by atoms with van der Waals surface area (Å²) in [6.07, 6.45) is 5.66. The van der Waals surface area contributed by atoms with Crippen molar-refractivity contribution in [1.29, 1.82) is 0 Å². The van der Waals surface area contributed by atoms with E-state index in [0.29, 0.717) is 12.5 Å². The van der Waals surface area contributed by atoms with E-state index in [1.54, 1.807) is 4.90 Å². The molecule has 1 aliphatic carbocycles. The Morgan fingerprint density at radius 1 is 1.24 bits per heavy atom. The van der Waals surface area contributed by atoms with Crippen LogP contribution in [0.3, 0.4) is 0 Å². The largest absolute Gasteiger partial charge is 0.481 e. The third-order valence-electron chi connectivity index (χ3n) is 4.83. The minimum absolute atomic E-state index is 0.00224. The van der Waals surface area contributed by atoms with Gasteiger partial charge in [-0.25, -0.2) is 0 Å². The summed E-state index contributed by atoms with van der Waals surface area (Å²) >= 11 is 0. The van der Waals surface area contributed by atoms with Crippen LogP contribution in [-0.4, -0.2) is 27.9 Å². The summed E-state index contributed by atoms with van der Waals surface area (Å²) in [6.45, 7) is 0.559. The summed E-state index contributed by atoms with van der Waals surface area (Å²) in [5, 5.41) is 9.24. The zero-order chi connectivity index (χ0) is 14.8. The van der Waals surface area contributed by atoms with Crippen molar-refractivity contribution in [2.45, 2.75) is 51.1 Å². The highest BCUT2D eigenvalue weighted by Gasteiger charge is 2.37.